The number of carbonyl (C=O) groups is 1. The minimum Gasteiger partial charge on any atom is -0.298 e. The van der Waals surface area contributed by atoms with Crippen molar-refractivity contribution in [2.45, 2.75) is 6.42 Å². The molecule has 60 valence electrons. The van der Waals surface area contributed by atoms with Crippen LogP contribution in [0.2, 0.25) is 0 Å². The third-order valence-electron chi connectivity index (χ3n) is 2.09. The maximum atomic E-state index is 10.6. The van der Waals surface area contributed by atoms with Crippen LogP contribution in [-0.2, 0) is 6.42 Å². The normalized spacial score (nSPS) is 14.0. The van der Waals surface area contributed by atoms with Gasteiger partial charge in [0.05, 0.1) is 0 Å². The molecule has 0 aliphatic carbocycles. The van der Waals surface area contributed by atoms with E-state index in [1.165, 1.54) is 5.56 Å². The van der Waals surface area contributed by atoms with Crippen LogP contribution in [0.3, 0.4) is 0 Å². The molecule has 0 aromatic heterocycles. The van der Waals surface area contributed by atoms with Crippen molar-refractivity contribution < 1.29 is 4.79 Å². The lowest BCUT2D eigenvalue weighted by atomic mass is 9.98. The summed E-state index contributed by atoms with van der Waals surface area (Å²) in [6, 6.07) is 5.79. The highest BCUT2D eigenvalue weighted by atomic mass is 16.1. The number of rotatable bonds is 1. The molecule has 2 heteroatoms. The summed E-state index contributed by atoms with van der Waals surface area (Å²) >= 11 is 0. The van der Waals surface area contributed by atoms with Gasteiger partial charge in [0.15, 0.2) is 6.29 Å². The van der Waals surface area contributed by atoms with Crippen LogP contribution in [0.1, 0.15) is 21.5 Å². The van der Waals surface area contributed by atoms with Crippen molar-refractivity contribution in [1.82, 2.24) is 0 Å². The van der Waals surface area contributed by atoms with Crippen molar-refractivity contribution in [3.8, 4) is 0 Å². The predicted molar refractivity (Wildman–Crippen MR) is 48.0 cm³/mol. The molecule has 1 aliphatic rings. The van der Waals surface area contributed by atoms with Crippen molar-refractivity contribution >= 4 is 12.5 Å². The highest BCUT2D eigenvalue weighted by Crippen LogP contribution is 2.14. The van der Waals surface area contributed by atoms with E-state index < -0.39 is 0 Å². The third-order valence-corrected chi connectivity index (χ3v) is 2.09. The van der Waals surface area contributed by atoms with Gasteiger partial charge >= 0.3 is 0 Å². The molecule has 1 aromatic rings. The first-order chi connectivity index (χ1) is 5.92. The van der Waals surface area contributed by atoms with Crippen molar-refractivity contribution in [1.29, 1.82) is 0 Å². The molecule has 2 rings (SSSR count). The van der Waals surface area contributed by atoms with Crippen molar-refractivity contribution in [2.24, 2.45) is 4.99 Å². The number of aldehydes is 1. The fourth-order valence-corrected chi connectivity index (χ4v) is 1.45. The van der Waals surface area contributed by atoms with E-state index in [4.69, 9.17) is 0 Å². The predicted octanol–water partition coefficient (Wildman–Crippen LogP) is 1.47. The molecule has 12 heavy (non-hydrogen) atoms. The number of benzene rings is 1. The van der Waals surface area contributed by atoms with Gasteiger partial charge in [0.25, 0.3) is 0 Å². The first-order valence-corrected chi connectivity index (χ1v) is 3.99. The fourth-order valence-electron chi connectivity index (χ4n) is 1.45. The highest BCUT2D eigenvalue weighted by molar-refractivity contribution is 5.94. The molecule has 0 fully saturated rings. The second kappa shape index (κ2) is 2.89. The smallest absolute Gasteiger partial charge is 0.150 e. The molecule has 1 aromatic carbocycles. The van der Waals surface area contributed by atoms with Gasteiger partial charge in [-0.2, -0.15) is 0 Å². The van der Waals surface area contributed by atoms with Crippen LogP contribution < -0.4 is 0 Å². The summed E-state index contributed by atoms with van der Waals surface area (Å²) in [5.74, 6) is 0. The molecule has 0 N–H and O–H groups in total. The molecule has 0 atom stereocenters. The molecule has 0 saturated heterocycles. The molecular weight excluding hydrogens is 150 g/mol. The van der Waals surface area contributed by atoms with Crippen LogP contribution in [0.25, 0.3) is 0 Å². The van der Waals surface area contributed by atoms with Crippen molar-refractivity contribution in [3.05, 3.63) is 34.9 Å². The van der Waals surface area contributed by atoms with E-state index in [1.54, 1.807) is 6.21 Å². The summed E-state index contributed by atoms with van der Waals surface area (Å²) in [6.45, 7) is 0.843. The van der Waals surface area contributed by atoms with Gasteiger partial charge in [0.2, 0.25) is 0 Å². The van der Waals surface area contributed by atoms with Crippen molar-refractivity contribution in [3.63, 3.8) is 0 Å². The van der Waals surface area contributed by atoms with E-state index in [-0.39, 0.29) is 0 Å². The minimum absolute atomic E-state index is 0.746. The molecule has 1 heterocycles. The summed E-state index contributed by atoms with van der Waals surface area (Å²) in [5, 5.41) is 0. The number of carbonyl (C=O) groups excluding carboxylic acids is 1. The molecule has 0 spiro atoms. The van der Waals surface area contributed by atoms with Gasteiger partial charge in [0, 0.05) is 23.9 Å². The van der Waals surface area contributed by atoms with Gasteiger partial charge in [0.1, 0.15) is 0 Å². The Hall–Kier alpha value is -1.44. The Kier molecular flexibility index (Phi) is 1.74. The largest absolute Gasteiger partial charge is 0.298 e. The van der Waals surface area contributed by atoms with Crippen LogP contribution in [0.5, 0.6) is 0 Å². The summed E-state index contributed by atoms with van der Waals surface area (Å²) in [6.07, 6.45) is 3.63. The summed E-state index contributed by atoms with van der Waals surface area (Å²) in [7, 11) is 0. The molecule has 0 saturated carbocycles. The fraction of sp³-hybridized carbons (Fsp3) is 0.200. The monoisotopic (exact) mass is 159 g/mol. The second-order valence-corrected chi connectivity index (χ2v) is 2.82. The molecule has 0 radical (unpaired) electrons. The van der Waals surface area contributed by atoms with Gasteiger partial charge in [-0.1, -0.05) is 18.2 Å². The van der Waals surface area contributed by atoms with Gasteiger partial charge in [-0.15, -0.1) is 0 Å². The van der Waals surface area contributed by atoms with Crippen molar-refractivity contribution in [2.75, 3.05) is 6.54 Å². The topological polar surface area (TPSA) is 29.4 Å². The van der Waals surface area contributed by atoms with Crippen LogP contribution in [0.4, 0.5) is 0 Å². The molecule has 0 amide bonds. The zero-order chi connectivity index (χ0) is 8.39. The Bertz CT molecular complexity index is 342. The van der Waals surface area contributed by atoms with Gasteiger partial charge < -0.3 is 0 Å². The standard InChI is InChI=1S/C10H9NO/c12-7-9-3-1-2-8-4-5-11-6-10(8)9/h1-3,6-7H,4-5H2. The van der Waals surface area contributed by atoms with E-state index in [9.17, 15) is 4.79 Å². The molecular formula is C10H9NO. The van der Waals surface area contributed by atoms with E-state index in [1.807, 2.05) is 18.2 Å². The number of nitrogens with zero attached hydrogens (tertiary/aromatic N) is 1. The van der Waals surface area contributed by atoms with Crippen LogP contribution in [-0.4, -0.2) is 19.0 Å². The number of hydrogen-bond donors (Lipinski definition) is 0. The average Bonchev–Trinajstić information content (AvgIpc) is 2.17. The molecule has 2 nitrogen and oxygen atoms in total. The Morgan fingerprint density at radius 2 is 2.33 bits per heavy atom. The highest BCUT2D eigenvalue weighted by Gasteiger charge is 2.07. The number of aliphatic imine (C=N–C) groups is 1. The lowest BCUT2D eigenvalue weighted by Crippen LogP contribution is -2.05. The second-order valence-electron chi connectivity index (χ2n) is 2.82. The van der Waals surface area contributed by atoms with Gasteiger partial charge in [-0.25, -0.2) is 0 Å². The summed E-state index contributed by atoms with van der Waals surface area (Å²) < 4.78 is 0. The van der Waals surface area contributed by atoms with E-state index in [2.05, 4.69) is 4.99 Å². The molecule has 0 unspecified atom stereocenters. The van der Waals surface area contributed by atoms with E-state index in [0.29, 0.717) is 0 Å². The minimum atomic E-state index is 0.746. The van der Waals surface area contributed by atoms with Crippen LogP contribution >= 0.6 is 0 Å². The molecule has 0 bridgehead atoms. The zero-order valence-electron chi connectivity index (χ0n) is 6.66. The first-order valence-electron chi connectivity index (χ1n) is 3.99. The SMILES string of the molecule is O=Cc1cccc2c1C=NCC2. The third kappa shape index (κ3) is 1.05. The Balaban J connectivity index is 2.61. The van der Waals surface area contributed by atoms with Gasteiger partial charge in [-0.3, -0.25) is 9.79 Å². The first kappa shape index (κ1) is 7.22. The number of hydrogen-bond acceptors (Lipinski definition) is 2. The lowest BCUT2D eigenvalue weighted by molar-refractivity contribution is 0.112. The lowest BCUT2D eigenvalue weighted by Gasteiger charge is -2.10. The number of fused-ring (bicyclic) bond motifs is 1. The Morgan fingerprint density at radius 3 is 3.17 bits per heavy atom. The van der Waals surface area contributed by atoms with E-state index >= 15 is 0 Å². The quantitative estimate of drug-likeness (QED) is 0.570. The Labute approximate surface area is 70.9 Å². The maximum Gasteiger partial charge on any atom is 0.150 e. The maximum absolute atomic E-state index is 10.6. The summed E-state index contributed by atoms with van der Waals surface area (Å²) in [4.78, 5) is 14.8. The van der Waals surface area contributed by atoms with Crippen LogP contribution in [0.15, 0.2) is 23.2 Å². The van der Waals surface area contributed by atoms with Gasteiger partial charge in [-0.05, 0) is 12.0 Å². The van der Waals surface area contributed by atoms with Crippen LogP contribution in [0, 0.1) is 0 Å². The average molecular weight is 159 g/mol. The zero-order valence-corrected chi connectivity index (χ0v) is 6.66. The van der Waals surface area contributed by atoms with E-state index in [0.717, 1.165) is 30.4 Å². The Morgan fingerprint density at radius 1 is 1.42 bits per heavy atom. The summed E-state index contributed by atoms with van der Waals surface area (Å²) in [5.41, 5.74) is 2.98. The molecule has 1 aliphatic heterocycles.